The van der Waals surface area contributed by atoms with Crippen molar-refractivity contribution in [3.05, 3.63) is 89.5 Å². The van der Waals surface area contributed by atoms with E-state index in [-0.39, 0.29) is 37.9 Å². The summed E-state index contributed by atoms with van der Waals surface area (Å²) in [7, 11) is 1.70. The van der Waals surface area contributed by atoms with Crippen molar-refractivity contribution in [3.63, 3.8) is 0 Å². The van der Waals surface area contributed by atoms with Crippen LogP contribution in [0, 0.1) is 25.7 Å². The van der Waals surface area contributed by atoms with Crippen molar-refractivity contribution < 1.29 is 33.8 Å². The molecule has 2 aromatic carbocycles. The molecular formula is C36H41N3O7. The minimum Gasteiger partial charge on any atom is -0.455 e. The molecule has 1 N–H and O–H groups in total. The fourth-order valence-corrected chi connectivity index (χ4v) is 7.46. The Morgan fingerprint density at radius 2 is 1.76 bits per heavy atom. The fourth-order valence-electron chi connectivity index (χ4n) is 7.46. The smallest absolute Gasteiger partial charge is 0.313 e. The quantitative estimate of drug-likeness (QED) is 0.409. The van der Waals surface area contributed by atoms with E-state index in [0.717, 1.165) is 16.8 Å². The third-order valence-corrected chi connectivity index (χ3v) is 9.93. The highest BCUT2D eigenvalue weighted by Crippen LogP contribution is 2.53. The molecule has 1 spiro atoms. The zero-order valence-corrected chi connectivity index (χ0v) is 26.7. The zero-order chi connectivity index (χ0) is 32.7. The lowest BCUT2D eigenvalue weighted by Gasteiger charge is -2.35. The molecular weight excluding hydrogens is 586 g/mol. The molecule has 4 aliphatic heterocycles. The number of ether oxygens (including phenoxy) is 2. The number of hydrogen-bond acceptors (Lipinski definition) is 7. The van der Waals surface area contributed by atoms with E-state index >= 15 is 0 Å². The Morgan fingerprint density at radius 3 is 2.50 bits per heavy atom. The maximum Gasteiger partial charge on any atom is 0.313 e. The molecule has 10 nitrogen and oxygen atoms in total. The maximum absolute atomic E-state index is 14.6. The molecule has 46 heavy (non-hydrogen) atoms. The highest BCUT2D eigenvalue weighted by atomic mass is 16.6. The molecule has 0 bridgehead atoms. The van der Waals surface area contributed by atoms with Crippen LogP contribution in [0.4, 0.5) is 5.69 Å². The van der Waals surface area contributed by atoms with Gasteiger partial charge in [0.2, 0.25) is 11.8 Å². The Balaban J connectivity index is 1.45. The van der Waals surface area contributed by atoms with E-state index in [9.17, 15) is 24.3 Å². The number of rotatable bonds is 4. The molecule has 4 heterocycles. The Morgan fingerprint density at radius 1 is 1.00 bits per heavy atom. The number of aliphatic hydroxyl groups is 1. The largest absolute Gasteiger partial charge is 0.455 e. The number of allylic oxidation sites excluding steroid dienone is 1. The van der Waals surface area contributed by atoms with Crippen LogP contribution in [0.3, 0.4) is 0 Å². The Kier molecular flexibility index (Phi) is 8.60. The molecule has 10 heteroatoms. The molecule has 7 atom stereocenters. The van der Waals surface area contributed by atoms with Gasteiger partial charge in [0.1, 0.15) is 23.7 Å². The van der Waals surface area contributed by atoms with Gasteiger partial charge in [0.15, 0.2) is 0 Å². The fraction of sp³-hybridized carbons (Fsp3) is 0.444. The number of esters is 1. The number of nitrogens with zero attached hydrogens (tertiary/aromatic N) is 3. The number of aliphatic hydroxyl groups excluding tert-OH is 1. The van der Waals surface area contributed by atoms with Crippen molar-refractivity contribution in [2.75, 3.05) is 31.6 Å². The van der Waals surface area contributed by atoms with Crippen molar-refractivity contribution in [2.24, 2.45) is 11.8 Å². The van der Waals surface area contributed by atoms with Crippen LogP contribution in [-0.2, 0) is 28.7 Å². The number of hydrogen-bond donors (Lipinski definition) is 1. The summed E-state index contributed by atoms with van der Waals surface area (Å²) in [4.78, 5) is 61.1. The van der Waals surface area contributed by atoms with Gasteiger partial charge in [0.25, 0.3) is 5.91 Å². The van der Waals surface area contributed by atoms with E-state index in [1.165, 1.54) is 4.90 Å². The van der Waals surface area contributed by atoms with Crippen molar-refractivity contribution in [1.29, 1.82) is 0 Å². The maximum atomic E-state index is 14.6. The number of likely N-dealkylation sites (tertiary alicyclic amines) is 1. The molecule has 6 rings (SSSR count). The molecule has 0 unspecified atom stereocenters. The summed E-state index contributed by atoms with van der Waals surface area (Å²) in [5.74, 6) is -3.67. The number of β-amino-alcohol motifs (C(OH)–C–C–N with tert-alkyl or cyclic N) is 1. The van der Waals surface area contributed by atoms with Gasteiger partial charge in [-0.1, -0.05) is 66.8 Å². The molecule has 3 amide bonds. The first-order chi connectivity index (χ1) is 22.1. The van der Waals surface area contributed by atoms with Gasteiger partial charge >= 0.3 is 5.97 Å². The van der Waals surface area contributed by atoms with Gasteiger partial charge in [0, 0.05) is 32.2 Å². The van der Waals surface area contributed by atoms with E-state index in [1.54, 1.807) is 35.1 Å². The predicted octanol–water partition coefficient (Wildman–Crippen LogP) is 3.26. The SMILES string of the molecule is Cc1ccc(C)c(N2CC=C[C@]34O[C@@H]5/C=C\CCC(=O)N(C)[C@H](C)[C@@H](c6ccccc6)OC(=O)[C@@H]5[C@H]3C(=O)N(CCO)[C@@H]4C2=O)c1. The number of cyclic esters (lactones) is 1. The van der Waals surface area contributed by atoms with Gasteiger partial charge in [-0.15, -0.1) is 0 Å². The molecule has 2 fully saturated rings. The van der Waals surface area contributed by atoms with Gasteiger partial charge < -0.3 is 29.3 Å². The van der Waals surface area contributed by atoms with Crippen LogP contribution in [0.5, 0.6) is 0 Å². The standard InChI is InChI=1S/C36H41N3O7/c1-22-15-16-23(2)26(21-22)38-18-10-17-36-30(33(42)39(19-20-40)32(36)34(38)43)29-27(46-36)13-8-9-14-28(41)37(4)24(3)31(45-35(29)44)25-11-6-5-7-12-25/h5-8,10-13,15-17,21,24,27,29-32,40H,9,14,18-20H2,1-4H3/b13-8-/t24-,27-,29+,30+,31+,32-,36+/m1/s1. The number of likely N-dealkylation sites (N-methyl/N-ethyl adjacent to an activating group) is 1. The number of amides is 3. The molecule has 0 aliphatic carbocycles. The average Bonchev–Trinajstić information content (AvgIpc) is 3.43. The van der Waals surface area contributed by atoms with E-state index in [0.29, 0.717) is 12.0 Å². The normalized spacial score (nSPS) is 32.2. The summed E-state index contributed by atoms with van der Waals surface area (Å²) < 4.78 is 13.0. The molecule has 2 saturated heterocycles. The Hall–Kier alpha value is -4.28. The van der Waals surface area contributed by atoms with Gasteiger partial charge in [-0.2, -0.15) is 0 Å². The Labute approximate surface area is 269 Å². The van der Waals surface area contributed by atoms with Crippen molar-refractivity contribution in [1.82, 2.24) is 9.80 Å². The second kappa shape index (κ2) is 12.5. The lowest BCUT2D eigenvalue weighted by atomic mass is 9.77. The number of carbonyl (C=O) groups excluding carboxylic acids is 4. The van der Waals surface area contributed by atoms with E-state index < -0.39 is 53.6 Å². The zero-order valence-electron chi connectivity index (χ0n) is 26.7. The summed E-state index contributed by atoms with van der Waals surface area (Å²) in [6.45, 7) is 5.51. The van der Waals surface area contributed by atoms with Crippen molar-refractivity contribution in [3.8, 4) is 0 Å². The van der Waals surface area contributed by atoms with Gasteiger partial charge in [-0.25, -0.2) is 0 Å². The first-order valence-electron chi connectivity index (χ1n) is 15.9. The molecule has 0 saturated carbocycles. The predicted molar refractivity (Wildman–Crippen MR) is 170 cm³/mol. The number of aryl methyl sites for hydroxylation is 2. The van der Waals surface area contributed by atoms with Crippen LogP contribution in [0.1, 0.15) is 42.6 Å². The summed E-state index contributed by atoms with van der Waals surface area (Å²) in [6, 6.07) is 13.5. The summed E-state index contributed by atoms with van der Waals surface area (Å²) in [5, 5.41) is 10.0. The number of carbonyl (C=O) groups is 4. The molecule has 2 aromatic rings. The van der Waals surface area contributed by atoms with E-state index in [4.69, 9.17) is 9.47 Å². The van der Waals surface area contributed by atoms with Crippen LogP contribution >= 0.6 is 0 Å². The monoisotopic (exact) mass is 627 g/mol. The minimum atomic E-state index is -1.48. The summed E-state index contributed by atoms with van der Waals surface area (Å²) in [6.07, 6.45) is 6.07. The third-order valence-electron chi connectivity index (χ3n) is 9.93. The topological polar surface area (TPSA) is 117 Å². The van der Waals surface area contributed by atoms with Gasteiger partial charge in [-0.05, 0) is 49.9 Å². The molecule has 4 aliphatic rings. The van der Waals surface area contributed by atoms with E-state index in [2.05, 4.69) is 0 Å². The number of fused-ring (bicyclic) bond motifs is 2. The highest BCUT2D eigenvalue weighted by Gasteiger charge is 2.72. The lowest BCUT2D eigenvalue weighted by Crippen LogP contribution is -2.55. The van der Waals surface area contributed by atoms with Gasteiger partial charge in [-0.3, -0.25) is 19.2 Å². The summed E-state index contributed by atoms with van der Waals surface area (Å²) >= 11 is 0. The number of benzene rings is 2. The first kappa shape index (κ1) is 31.7. The van der Waals surface area contributed by atoms with Crippen LogP contribution in [0.15, 0.2) is 72.8 Å². The van der Waals surface area contributed by atoms with Crippen LogP contribution in [-0.4, -0.2) is 89.1 Å². The summed E-state index contributed by atoms with van der Waals surface area (Å²) in [5.41, 5.74) is 1.85. The third kappa shape index (κ3) is 5.23. The minimum absolute atomic E-state index is 0.0900. The first-order valence-corrected chi connectivity index (χ1v) is 15.9. The highest BCUT2D eigenvalue weighted by molar-refractivity contribution is 6.06. The van der Waals surface area contributed by atoms with Gasteiger partial charge in [0.05, 0.1) is 24.7 Å². The number of anilines is 1. The second-order valence-electron chi connectivity index (χ2n) is 12.7. The van der Waals surface area contributed by atoms with Crippen LogP contribution in [0.2, 0.25) is 0 Å². The lowest BCUT2D eigenvalue weighted by molar-refractivity contribution is -0.164. The van der Waals surface area contributed by atoms with Crippen molar-refractivity contribution >= 4 is 29.4 Å². The molecule has 0 radical (unpaired) electrons. The molecule has 242 valence electrons. The average molecular weight is 628 g/mol. The second-order valence-corrected chi connectivity index (χ2v) is 12.7. The Bertz CT molecular complexity index is 1590. The van der Waals surface area contributed by atoms with Crippen LogP contribution < -0.4 is 4.90 Å². The van der Waals surface area contributed by atoms with Crippen molar-refractivity contribution in [2.45, 2.75) is 63.5 Å². The van der Waals surface area contributed by atoms with E-state index in [1.807, 2.05) is 75.4 Å². The molecule has 0 aromatic heterocycles. The van der Waals surface area contributed by atoms with Crippen LogP contribution in [0.25, 0.3) is 0 Å².